The largest absolute Gasteiger partial charge is 0.497 e. The van der Waals surface area contributed by atoms with E-state index in [9.17, 15) is 9.59 Å². The summed E-state index contributed by atoms with van der Waals surface area (Å²) in [5, 5.41) is 9.61. The standard InChI is InChI=1S/C33H39N3O4/c1-22-28(29-19-27(39-2)14-15-30(29)35-22)20-31(37)36-32-11-5-3-4-10-26(21-40-32)33(38)34-17-16-23-12-13-24-8-6-7-9-25(24)18-23/h6-9,12-15,18-19,26,32,35H,3-5,10-11,16-17,20-21H2,1-2H3,(H,34,38)(H,36,37)/t26?,32-/m0/s1. The van der Waals surface area contributed by atoms with Gasteiger partial charge in [-0.2, -0.15) is 0 Å². The van der Waals surface area contributed by atoms with Crippen molar-refractivity contribution >= 4 is 33.5 Å². The van der Waals surface area contributed by atoms with Gasteiger partial charge in [-0.05, 0) is 72.7 Å². The summed E-state index contributed by atoms with van der Waals surface area (Å²) in [6.45, 7) is 2.87. The first kappa shape index (κ1) is 27.7. The van der Waals surface area contributed by atoms with E-state index in [0.29, 0.717) is 13.2 Å². The van der Waals surface area contributed by atoms with Crippen molar-refractivity contribution in [2.45, 2.75) is 58.1 Å². The van der Waals surface area contributed by atoms with Crippen LogP contribution in [0.5, 0.6) is 5.75 Å². The van der Waals surface area contributed by atoms with Crippen molar-refractivity contribution in [3.05, 3.63) is 77.5 Å². The fourth-order valence-electron chi connectivity index (χ4n) is 5.59. The summed E-state index contributed by atoms with van der Waals surface area (Å²) in [7, 11) is 1.64. The molecule has 1 aliphatic rings. The Labute approximate surface area is 235 Å². The number of methoxy groups -OCH3 is 1. The van der Waals surface area contributed by atoms with Crippen LogP contribution < -0.4 is 15.4 Å². The second-order valence-electron chi connectivity index (χ2n) is 10.8. The number of fused-ring (bicyclic) bond motifs is 2. The average Bonchev–Trinajstić information content (AvgIpc) is 3.32. The number of aryl methyl sites for hydroxylation is 1. The smallest absolute Gasteiger partial charge is 0.226 e. The molecule has 7 nitrogen and oxygen atoms in total. The zero-order valence-electron chi connectivity index (χ0n) is 23.4. The minimum absolute atomic E-state index is 0.0242. The lowest BCUT2D eigenvalue weighted by Crippen LogP contribution is -2.40. The summed E-state index contributed by atoms with van der Waals surface area (Å²) in [6.07, 6.45) is 5.09. The predicted molar refractivity (Wildman–Crippen MR) is 158 cm³/mol. The van der Waals surface area contributed by atoms with Gasteiger partial charge in [0.25, 0.3) is 0 Å². The molecule has 1 unspecified atom stereocenters. The van der Waals surface area contributed by atoms with E-state index in [1.165, 1.54) is 16.3 Å². The molecule has 1 aromatic heterocycles. The molecule has 3 aromatic carbocycles. The molecule has 0 spiro atoms. The molecule has 7 heteroatoms. The molecule has 4 aromatic rings. The van der Waals surface area contributed by atoms with E-state index in [-0.39, 0.29) is 24.2 Å². The van der Waals surface area contributed by atoms with Gasteiger partial charge < -0.3 is 25.1 Å². The molecule has 0 aliphatic carbocycles. The summed E-state index contributed by atoms with van der Waals surface area (Å²) >= 11 is 0. The number of amides is 2. The number of benzene rings is 3. The third-order valence-electron chi connectivity index (χ3n) is 7.90. The first-order chi connectivity index (χ1) is 19.5. The highest BCUT2D eigenvalue weighted by Crippen LogP contribution is 2.27. The van der Waals surface area contributed by atoms with Gasteiger partial charge in [-0.1, -0.05) is 55.3 Å². The molecule has 0 saturated carbocycles. The normalized spacial score (nSPS) is 18.1. The lowest BCUT2D eigenvalue weighted by Gasteiger charge is -2.21. The van der Waals surface area contributed by atoms with Crippen LogP contribution in [0, 0.1) is 12.8 Å². The van der Waals surface area contributed by atoms with Crippen molar-refractivity contribution in [3.63, 3.8) is 0 Å². The summed E-state index contributed by atoms with van der Waals surface area (Å²) in [5.41, 5.74) is 4.11. The maximum absolute atomic E-state index is 13.1. The van der Waals surface area contributed by atoms with Gasteiger partial charge in [-0.25, -0.2) is 0 Å². The molecule has 210 valence electrons. The monoisotopic (exact) mass is 541 g/mol. The topological polar surface area (TPSA) is 92.5 Å². The number of aromatic nitrogens is 1. The third kappa shape index (κ3) is 6.83. The summed E-state index contributed by atoms with van der Waals surface area (Å²) < 4.78 is 11.5. The lowest BCUT2D eigenvalue weighted by atomic mass is 10.0. The molecule has 1 saturated heterocycles. The highest BCUT2D eigenvalue weighted by atomic mass is 16.5. The van der Waals surface area contributed by atoms with E-state index in [0.717, 1.165) is 66.4 Å². The Kier molecular flexibility index (Phi) is 9.01. The van der Waals surface area contributed by atoms with Crippen LogP contribution in [0.4, 0.5) is 0 Å². The van der Waals surface area contributed by atoms with Crippen LogP contribution in [0.3, 0.4) is 0 Å². The molecule has 3 N–H and O–H groups in total. The summed E-state index contributed by atoms with van der Waals surface area (Å²) in [6, 6.07) is 20.6. The highest BCUT2D eigenvalue weighted by Gasteiger charge is 2.24. The SMILES string of the molecule is COc1ccc2[nH]c(C)c(CC(=O)N[C@@H]3CCCCCC(C(=O)NCCc4ccc5ccccc5c4)CO3)c2c1. The van der Waals surface area contributed by atoms with E-state index in [2.05, 4.69) is 45.9 Å². The number of hydrogen-bond donors (Lipinski definition) is 3. The third-order valence-corrected chi connectivity index (χ3v) is 7.90. The van der Waals surface area contributed by atoms with Crippen molar-refractivity contribution in [2.75, 3.05) is 20.3 Å². The van der Waals surface area contributed by atoms with Crippen LogP contribution >= 0.6 is 0 Å². The van der Waals surface area contributed by atoms with Crippen molar-refractivity contribution < 1.29 is 19.1 Å². The van der Waals surface area contributed by atoms with Gasteiger partial charge in [0.1, 0.15) is 12.0 Å². The van der Waals surface area contributed by atoms with Gasteiger partial charge in [0.05, 0.1) is 26.1 Å². The van der Waals surface area contributed by atoms with Crippen LogP contribution in [0.25, 0.3) is 21.7 Å². The van der Waals surface area contributed by atoms with E-state index in [1.54, 1.807) is 7.11 Å². The second-order valence-corrected chi connectivity index (χ2v) is 10.8. The zero-order valence-corrected chi connectivity index (χ0v) is 23.4. The number of nitrogens with one attached hydrogen (secondary N) is 3. The Bertz CT molecular complexity index is 1480. The Morgan fingerprint density at radius 1 is 1.00 bits per heavy atom. The summed E-state index contributed by atoms with van der Waals surface area (Å²) in [4.78, 5) is 29.5. The number of carbonyl (C=O) groups is 2. The van der Waals surface area contributed by atoms with E-state index in [4.69, 9.17) is 9.47 Å². The Balaban J connectivity index is 1.14. The number of ether oxygens (including phenoxy) is 2. The maximum Gasteiger partial charge on any atom is 0.226 e. The average molecular weight is 542 g/mol. The molecular formula is C33H39N3O4. The lowest BCUT2D eigenvalue weighted by molar-refractivity contribution is -0.130. The fourth-order valence-corrected chi connectivity index (χ4v) is 5.59. The Morgan fingerprint density at radius 3 is 2.67 bits per heavy atom. The molecule has 2 atom stereocenters. The molecule has 0 radical (unpaired) electrons. The van der Waals surface area contributed by atoms with Crippen LogP contribution in [-0.4, -0.2) is 43.3 Å². The van der Waals surface area contributed by atoms with Gasteiger partial charge in [0.15, 0.2) is 0 Å². The minimum atomic E-state index is -0.404. The van der Waals surface area contributed by atoms with Crippen molar-refractivity contribution in [3.8, 4) is 5.75 Å². The highest BCUT2D eigenvalue weighted by molar-refractivity contribution is 5.91. The van der Waals surface area contributed by atoms with Crippen LogP contribution in [0.2, 0.25) is 0 Å². The van der Waals surface area contributed by atoms with Gasteiger partial charge in [0, 0.05) is 23.1 Å². The molecule has 1 fully saturated rings. The number of rotatable bonds is 8. The predicted octanol–water partition coefficient (Wildman–Crippen LogP) is 5.58. The maximum atomic E-state index is 13.1. The number of H-pyrrole nitrogens is 1. The minimum Gasteiger partial charge on any atom is -0.497 e. The second kappa shape index (κ2) is 13.0. The Morgan fingerprint density at radius 2 is 1.82 bits per heavy atom. The van der Waals surface area contributed by atoms with Crippen LogP contribution in [-0.2, 0) is 27.2 Å². The van der Waals surface area contributed by atoms with Gasteiger partial charge >= 0.3 is 0 Å². The molecule has 2 heterocycles. The van der Waals surface area contributed by atoms with Gasteiger partial charge in [-0.3, -0.25) is 9.59 Å². The van der Waals surface area contributed by atoms with Gasteiger partial charge in [0.2, 0.25) is 11.8 Å². The van der Waals surface area contributed by atoms with Crippen molar-refractivity contribution in [2.24, 2.45) is 5.92 Å². The number of hydrogen-bond acceptors (Lipinski definition) is 4. The van der Waals surface area contributed by atoms with Crippen LogP contribution in [0.15, 0.2) is 60.7 Å². The quantitative estimate of drug-likeness (QED) is 0.272. The number of aromatic amines is 1. The zero-order chi connectivity index (χ0) is 27.9. The fraction of sp³-hybridized carbons (Fsp3) is 0.394. The van der Waals surface area contributed by atoms with Gasteiger partial charge in [-0.15, -0.1) is 0 Å². The Hall–Kier alpha value is -3.84. The molecule has 2 amide bonds. The molecule has 5 rings (SSSR count). The molecular weight excluding hydrogens is 502 g/mol. The van der Waals surface area contributed by atoms with Crippen molar-refractivity contribution in [1.82, 2.24) is 15.6 Å². The number of carbonyl (C=O) groups excluding carboxylic acids is 2. The van der Waals surface area contributed by atoms with E-state index < -0.39 is 6.23 Å². The van der Waals surface area contributed by atoms with E-state index in [1.807, 2.05) is 37.3 Å². The summed E-state index contributed by atoms with van der Waals surface area (Å²) in [5.74, 6) is 0.468. The van der Waals surface area contributed by atoms with Crippen LogP contribution in [0.1, 0.15) is 48.9 Å². The van der Waals surface area contributed by atoms with Crippen molar-refractivity contribution in [1.29, 1.82) is 0 Å². The van der Waals surface area contributed by atoms with E-state index >= 15 is 0 Å². The first-order valence-corrected chi connectivity index (χ1v) is 14.3. The first-order valence-electron chi connectivity index (χ1n) is 14.3. The molecule has 1 aliphatic heterocycles. The molecule has 40 heavy (non-hydrogen) atoms. The molecule has 0 bridgehead atoms.